The van der Waals surface area contributed by atoms with Gasteiger partial charge in [-0.05, 0) is 55.2 Å². The Hall–Kier alpha value is -2.09. The van der Waals surface area contributed by atoms with E-state index in [9.17, 15) is 13.2 Å². The standard InChI is InChI=1S/C20H23ClN2O4S/c1-27-18-9-6-16(14-19(18)28(25,26)23-12-2-3-13-23)20(24)22-11-10-15-4-7-17(21)8-5-15/h4-9,14H,2-3,10-13H2,1H3,(H,22,24). The van der Waals surface area contributed by atoms with Crippen LogP contribution in [0.3, 0.4) is 0 Å². The number of methoxy groups -OCH3 is 1. The Morgan fingerprint density at radius 3 is 2.46 bits per heavy atom. The largest absolute Gasteiger partial charge is 0.495 e. The Kier molecular flexibility index (Phi) is 6.59. The predicted octanol–water partition coefficient (Wildman–Crippen LogP) is 3.11. The van der Waals surface area contributed by atoms with E-state index in [0.29, 0.717) is 31.1 Å². The van der Waals surface area contributed by atoms with Gasteiger partial charge in [0.05, 0.1) is 7.11 Å². The molecule has 150 valence electrons. The number of nitrogens with zero attached hydrogens (tertiary/aromatic N) is 1. The Morgan fingerprint density at radius 1 is 1.14 bits per heavy atom. The molecular weight excluding hydrogens is 400 g/mol. The highest BCUT2D eigenvalue weighted by atomic mass is 35.5. The Labute approximate surface area is 170 Å². The number of amides is 1. The number of carbonyl (C=O) groups excluding carboxylic acids is 1. The average Bonchev–Trinajstić information content (AvgIpc) is 3.24. The summed E-state index contributed by atoms with van der Waals surface area (Å²) < 4.78 is 32.5. The Bertz CT molecular complexity index is 939. The van der Waals surface area contributed by atoms with Crippen molar-refractivity contribution in [3.63, 3.8) is 0 Å². The number of sulfonamides is 1. The molecule has 0 unspecified atom stereocenters. The van der Waals surface area contributed by atoms with E-state index in [4.69, 9.17) is 16.3 Å². The molecule has 28 heavy (non-hydrogen) atoms. The highest BCUT2D eigenvalue weighted by Gasteiger charge is 2.30. The molecule has 1 amide bonds. The zero-order valence-corrected chi connectivity index (χ0v) is 17.2. The summed E-state index contributed by atoms with van der Waals surface area (Å²) in [5.74, 6) is -0.0842. The minimum atomic E-state index is -3.69. The fourth-order valence-electron chi connectivity index (χ4n) is 3.16. The van der Waals surface area contributed by atoms with Gasteiger partial charge in [-0.2, -0.15) is 4.31 Å². The van der Waals surface area contributed by atoms with Gasteiger partial charge < -0.3 is 10.1 Å². The summed E-state index contributed by atoms with van der Waals surface area (Å²) in [6.45, 7) is 1.41. The maximum atomic E-state index is 12.9. The van der Waals surface area contributed by atoms with Crippen LogP contribution in [0.5, 0.6) is 5.75 Å². The van der Waals surface area contributed by atoms with E-state index in [1.807, 2.05) is 12.1 Å². The van der Waals surface area contributed by atoms with Crippen LogP contribution in [0, 0.1) is 0 Å². The second-order valence-corrected chi connectivity index (χ2v) is 8.95. The van der Waals surface area contributed by atoms with Crippen molar-refractivity contribution in [2.75, 3.05) is 26.7 Å². The number of hydrogen-bond acceptors (Lipinski definition) is 4. The molecule has 1 aliphatic heterocycles. The summed E-state index contributed by atoms with van der Waals surface area (Å²) >= 11 is 5.87. The van der Waals surface area contributed by atoms with Gasteiger partial charge in [-0.3, -0.25) is 4.79 Å². The zero-order chi connectivity index (χ0) is 20.1. The fraction of sp³-hybridized carbons (Fsp3) is 0.350. The third-order valence-electron chi connectivity index (χ3n) is 4.72. The summed E-state index contributed by atoms with van der Waals surface area (Å²) in [6, 6.07) is 11.9. The van der Waals surface area contributed by atoms with Gasteiger partial charge in [-0.1, -0.05) is 23.7 Å². The van der Waals surface area contributed by atoms with E-state index in [0.717, 1.165) is 18.4 Å². The van der Waals surface area contributed by atoms with Gasteiger partial charge in [-0.15, -0.1) is 0 Å². The number of nitrogens with one attached hydrogen (secondary N) is 1. The Balaban J connectivity index is 1.72. The molecule has 0 radical (unpaired) electrons. The topological polar surface area (TPSA) is 75.7 Å². The highest BCUT2D eigenvalue weighted by Crippen LogP contribution is 2.29. The summed E-state index contributed by atoms with van der Waals surface area (Å²) in [5.41, 5.74) is 1.34. The van der Waals surface area contributed by atoms with Gasteiger partial charge in [0.15, 0.2) is 0 Å². The molecule has 0 saturated carbocycles. The normalized spacial score (nSPS) is 14.8. The molecule has 1 saturated heterocycles. The number of rotatable bonds is 7. The van der Waals surface area contributed by atoms with Crippen LogP contribution in [-0.4, -0.2) is 45.4 Å². The fourth-order valence-corrected chi connectivity index (χ4v) is 4.99. The van der Waals surface area contributed by atoms with Gasteiger partial charge in [-0.25, -0.2) is 8.42 Å². The lowest BCUT2D eigenvalue weighted by Crippen LogP contribution is -2.29. The minimum Gasteiger partial charge on any atom is -0.495 e. The molecular formula is C20H23ClN2O4S. The lowest BCUT2D eigenvalue weighted by atomic mass is 10.1. The number of benzene rings is 2. The molecule has 0 bridgehead atoms. The SMILES string of the molecule is COc1ccc(C(=O)NCCc2ccc(Cl)cc2)cc1S(=O)(=O)N1CCCC1. The number of carbonyl (C=O) groups is 1. The summed E-state index contributed by atoms with van der Waals surface area (Å²) in [5, 5.41) is 3.49. The molecule has 6 nitrogen and oxygen atoms in total. The molecule has 0 atom stereocenters. The van der Waals surface area contributed by atoms with E-state index >= 15 is 0 Å². The van der Waals surface area contributed by atoms with Crippen molar-refractivity contribution in [1.82, 2.24) is 9.62 Å². The third-order valence-corrected chi connectivity index (χ3v) is 6.89. The molecule has 0 spiro atoms. The van der Waals surface area contributed by atoms with Crippen molar-refractivity contribution in [2.45, 2.75) is 24.2 Å². The molecule has 2 aromatic carbocycles. The lowest BCUT2D eigenvalue weighted by Gasteiger charge is -2.18. The molecule has 8 heteroatoms. The zero-order valence-electron chi connectivity index (χ0n) is 15.7. The third kappa shape index (κ3) is 4.66. The first-order valence-electron chi connectivity index (χ1n) is 9.12. The van der Waals surface area contributed by atoms with Crippen molar-refractivity contribution in [3.05, 3.63) is 58.6 Å². The minimum absolute atomic E-state index is 0.0299. The van der Waals surface area contributed by atoms with E-state index in [2.05, 4.69) is 5.32 Å². The molecule has 1 aliphatic rings. The van der Waals surface area contributed by atoms with Crippen molar-refractivity contribution >= 4 is 27.5 Å². The molecule has 2 aromatic rings. The first kappa shape index (κ1) is 20.6. The van der Waals surface area contributed by atoms with Crippen LogP contribution in [0.25, 0.3) is 0 Å². The van der Waals surface area contributed by atoms with E-state index in [1.54, 1.807) is 18.2 Å². The monoisotopic (exact) mass is 422 g/mol. The average molecular weight is 423 g/mol. The molecule has 0 aromatic heterocycles. The van der Waals surface area contributed by atoms with Crippen LogP contribution in [0.4, 0.5) is 0 Å². The number of halogens is 1. The first-order valence-corrected chi connectivity index (χ1v) is 10.9. The van der Waals surface area contributed by atoms with Crippen molar-refractivity contribution < 1.29 is 17.9 Å². The van der Waals surface area contributed by atoms with E-state index in [1.165, 1.54) is 23.5 Å². The molecule has 1 heterocycles. The van der Waals surface area contributed by atoms with Crippen molar-refractivity contribution in [2.24, 2.45) is 0 Å². The smallest absolute Gasteiger partial charge is 0.251 e. The number of hydrogen-bond donors (Lipinski definition) is 1. The van der Waals surface area contributed by atoms with Crippen molar-refractivity contribution in [3.8, 4) is 5.75 Å². The summed E-state index contributed by atoms with van der Waals surface area (Å²) in [7, 11) is -2.27. The van der Waals surface area contributed by atoms with Crippen LogP contribution >= 0.6 is 11.6 Å². The molecule has 1 N–H and O–H groups in total. The maximum absolute atomic E-state index is 12.9. The summed E-state index contributed by atoms with van der Waals surface area (Å²) in [4.78, 5) is 12.5. The van der Waals surface area contributed by atoms with E-state index < -0.39 is 10.0 Å². The maximum Gasteiger partial charge on any atom is 0.251 e. The second-order valence-electron chi connectivity index (χ2n) is 6.61. The Morgan fingerprint density at radius 2 is 1.82 bits per heavy atom. The quantitative estimate of drug-likeness (QED) is 0.743. The lowest BCUT2D eigenvalue weighted by molar-refractivity contribution is 0.0954. The molecule has 0 aliphatic carbocycles. The predicted molar refractivity (Wildman–Crippen MR) is 108 cm³/mol. The molecule has 1 fully saturated rings. The van der Waals surface area contributed by atoms with Gasteiger partial charge in [0.25, 0.3) is 5.91 Å². The van der Waals surface area contributed by atoms with Gasteiger partial charge >= 0.3 is 0 Å². The van der Waals surface area contributed by atoms with Crippen LogP contribution in [0.1, 0.15) is 28.8 Å². The molecule has 3 rings (SSSR count). The van der Waals surface area contributed by atoms with Gasteiger partial charge in [0.2, 0.25) is 10.0 Å². The van der Waals surface area contributed by atoms with Crippen LogP contribution < -0.4 is 10.1 Å². The van der Waals surface area contributed by atoms with Gasteiger partial charge in [0, 0.05) is 30.2 Å². The van der Waals surface area contributed by atoms with E-state index in [-0.39, 0.29) is 22.1 Å². The van der Waals surface area contributed by atoms with Crippen molar-refractivity contribution in [1.29, 1.82) is 0 Å². The number of ether oxygens (including phenoxy) is 1. The van der Waals surface area contributed by atoms with Crippen LogP contribution in [-0.2, 0) is 16.4 Å². The second kappa shape index (κ2) is 8.94. The first-order chi connectivity index (χ1) is 13.4. The van der Waals surface area contributed by atoms with Crippen LogP contribution in [0.15, 0.2) is 47.4 Å². The van der Waals surface area contributed by atoms with Gasteiger partial charge in [0.1, 0.15) is 10.6 Å². The summed E-state index contributed by atoms with van der Waals surface area (Å²) in [6.07, 6.45) is 2.33. The van der Waals surface area contributed by atoms with Crippen LogP contribution in [0.2, 0.25) is 5.02 Å². The highest BCUT2D eigenvalue weighted by molar-refractivity contribution is 7.89.